The summed E-state index contributed by atoms with van der Waals surface area (Å²) in [6.45, 7) is 0. The summed E-state index contributed by atoms with van der Waals surface area (Å²) in [5.74, 6) is -0.426. The molecule has 0 radical (unpaired) electrons. The van der Waals surface area contributed by atoms with Crippen molar-refractivity contribution >= 4 is 23.2 Å². The zero-order valence-electron chi connectivity index (χ0n) is 10.0. The predicted molar refractivity (Wildman–Crippen MR) is 73.5 cm³/mol. The number of hydrogen-bond donors (Lipinski definition) is 1. The van der Waals surface area contributed by atoms with Crippen LogP contribution in [0.3, 0.4) is 0 Å². The van der Waals surface area contributed by atoms with Crippen molar-refractivity contribution in [2.24, 2.45) is 0 Å². The minimum absolute atomic E-state index is 0.119. The number of hydrogen-bond acceptors (Lipinski definition) is 2. The molecule has 0 saturated heterocycles. The molecule has 100 valence electrons. The van der Waals surface area contributed by atoms with E-state index in [-0.39, 0.29) is 10.8 Å². The Balaban J connectivity index is 2.41. The summed E-state index contributed by atoms with van der Waals surface area (Å²) in [6, 6.07) is 9.17. The maximum absolute atomic E-state index is 13.6. The van der Waals surface area contributed by atoms with Crippen LogP contribution in [0.25, 0.3) is 0 Å². The van der Waals surface area contributed by atoms with Gasteiger partial charge in [0.15, 0.2) is 11.6 Å². The molecule has 1 N–H and O–H groups in total. The first-order valence-electron chi connectivity index (χ1n) is 5.50. The van der Waals surface area contributed by atoms with Gasteiger partial charge in [0, 0.05) is 5.56 Å². The van der Waals surface area contributed by atoms with Crippen LogP contribution in [0.1, 0.15) is 17.2 Å². The second-order valence-electron chi connectivity index (χ2n) is 3.94. The van der Waals surface area contributed by atoms with Crippen LogP contribution < -0.4 is 4.74 Å². The van der Waals surface area contributed by atoms with Gasteiger partial charge in [0.05, 0.1) is 17.2 Å². The standard InChI is InChI=1S/C14H11Cl2FO2/c1-19-12-6-5-8(7-11(12)17)14(18)9-3-2-4-10(15)13(9)16/h2-7,14,18H,1H3. The highest BCUT2D eigenvalue weighted by molar-refractivity contribution is 6.42. The summed E-state index contributed by atoms with van der Waals surface area (Å²) in [5, 5.41) is 10.8. The first kappa shape index (κ1) is 14.1. The first-order valence-corrected chi connectivity index (χ1v) is 6.25. The largest absolute Gasteiger partial charge is 0.494 e. The van der Waals surface area contributed by atoms with E-state index in [1.165, 1.54) is 19.2 Å². The van der Waals surface area contributed by atoms with Crippen LogP contribution in [0.4, 0.5) is 4.39 Å². The molecule has 0 aromatic heterocycles. The van der Waals surface area contributed by atoms with E-state index in [9.17, 15) is 9.50 Å². The van der Waals surface area contributed by atoms with Gasteiger partial charge in [0.1, 0.15) is 6.10 Å². The third-order valence-electron chi connectivity index (χ3n) is 2.77. The molecule has 0 amide bonds. The van der Waals surface area contributed by atoms with Crippen LogP contribution in [0.2, 0.25) is 10.0 Å². The second kappa shape index (κ2) is 5.78. The van der Waals surface area contributed by atoms with Gasteiger partial charge in [-0.2, -0.15) is 0 Å². The normalized spacial score (nSPS) is 12.3. The lowest BCUT2D eigenvalue weighted by molar-refractivity contribution is 0.219. The van der Waals surface area contributed by atoms with Crippen molar-refractivity contribution < 1.29 is 14.2 Å². The van der Waals surface area contributed by atoms with E-state index in [2.05, 4.69) is 0 Å². The van der Waals surface area contributed by atoms with Crippen LogP contribution in [0.15, 0.2) is 36.4 Å². The molecule has 1 unspecified atom stereocenters. The summed E-state index contributed by atoms with van der Waals surface area (Å²) < 4.78 is 18.4. The quantitative estimate of drug-likeness (QED) is 0.919. The molecule has 2 rings (SSSR count). The Kier molecular flexibility index (Phi) is 4.30. The summed E-state index contributed by atoms with van der Waals surface area (Å²) in [5.41, 5.74) is 0.807. The zero-order chi connectivity index (χ0) is 14.0. The van der Waals surface area contributed by atoms with Crippen molar-refractivity contribution in [3.8, 4) is 5.75 Å². The minimum atomic E-state index is -1.05. The Hall–Kier alpha value is -1.29. The number of rotatable bonds is 3. The number of halogens is 3. The smallest absolute Gasteiger partial charge is 0.165 e. The molecule has 0 saturated carbocycles. The molecule has 0 fully saturated rings. The summed E-state index contributed by atoms with van der Waals surface area (Å²) >= 11 is 11.9. The van der Waals surface area contributed by atoms with Crippen LogP contribution in [-0.4, -0.2) is 12.2 Å². The van der Waals surface area contributed by atoms with Gasteiger partial charge in [-0.1, -0.05) is 41.4 Å². The van der Waals surface area contributed by atoms with Gasteiger partial charge in [-0.3, -0.25) is 0 Å². The Morgan fingerprint density at radius 3 is 2.58 bits per heavy atom. The number of ether oxygens (including phenoxy) is 1. The fourth-order valence-corrected chi connectivity index (χ4v) is 2.18. The molecule has 19 heavy (non-hydrogen) atoms. The Labute approximate surface area is 120 Å². The predicted octanol–water partition coefficient (Wildman–Crippen LogP) is 4.22. The molecular formula is C14H11Cl2FO2. The van der Waals surface area contributed by atoms with Crippen LogP contribution in [-0.2, 0) is 0 Å². The fraction of sp³-hybridized carbons (Fsp3) is 0.143. The average Bonchev–Trinajstić information content (AvgIpc) is 2.41. The molecule has 0 aliphatic heterocycles. The highest BCUT2D eigenvalue weighted by atomic mass is 35.5. The van der Waals surface area contributed by atoms with Gasteiger partial charge in [-0.05, 0) is 23.8 Å². The van der Waals surface area contributed by atoms with Gasteiger partial charge >= 0.3 is 0 Å². The highest BCUT2D eigenvalue weighted by Gasteiger charge is 2.17. The molecule has 0 spiro atoms. The van der Waals surface area contributed by atoms with Crippen LogP contribution in [0.5, 0.6) is 5.75 Å². The number of aliphatic hydroxyl groups excluding tert-OH is 1. The topological polar surface area (TPSA) is 29.5 Å². The molecule has 5 heteroatoms. The van der Waals surface area contributed by atoms with Crippen molar-refractivity contribution in [2.75, 3.05) is 7.11 Å². The number of methoxy groups -OCH3 is 1. The maximum Gasteiger partial charge on any atom is 0.165 e. The summed E-state index contributed by atoms with van der Waals surface area (Å²) in [6.07, 6.45) is -1.05. The maximum atomic E-state index is 13.6. The second-order valence-corrected chi connectivity index (χ2v) is 4.72. The van der Waals surface area contributed by atoms with Crippen molar-refractivity contribution in [2.45, 2.75) is 6.10 Å². The molecule has 2 nitrogen and oxygen atoms in total. The third kappa shape index (κ3) is 2.84. The van der Waals surface area contributed by atoms with Crippen LogP contribution >= 0.6 is 23.2 Å². The third-order valence-corrected chi connectivity index (χ3v) is 3.60. The molecule has 0 aliphatic rings. The number of benzene rings is 2. The van der Waals surface area contributed by atoms with Gasteiger partial charge in [-0.15, -0.1) is 0 Å². The van der Waals surface area contributed by atoms with Crippen molar-refractivity contribution in [3.05, 3.63) is 63.4 Å². The lowest BCUT2D eigenvalue weighted by Gasteiger charge is -2.14. The van der Waals surface area contributed by atoms with Crippen molar-refractivity contribution in [1.29, 1.82) is 0 Å². The van der Waals surface area contributed by atoms with E-state index in [1.807, 2.05) is 0 Å². The fourth-order valence-electron chi connectivity index (χ4n) is 1.76. The van der Waals surface area contributed by atoms with Gasteiger partial charge in [0.25, 0.3) is 0 Å². The Morgan fingerprint density at radius 1 is 1.21 bits per heavy atom. The number of aliphatic hydroxyl groups is 1. The molecule has 0 heterocycles. The first-order chi connectivity index (χ1) is 9.04. The van der Waals surface area contributed by atoms with Crippen molar-refractivity contribution in [3.63, 3.8) is 0 Å². The summed E-state index contributed by atoms with van der Waals surface area (Å²) in [7, 11) is 1.38. The highest BCUT2D eigenvalue weighted by Crippen LogP contribution is 2.34. The van der Waals surface area contributed by atoms with E-state index in [0.29, 0.717) is 16.1 Å². The van der Waals surface area contributed by atoms with Gasteiger partial charge in [0.2, 0.25) is 0 Å². The zero-order valence-corrected chi connectivity index (χ0v) is 11.5. The molecule has 0 bridgehead atoms. The van der Waals surface area contributed by atoms with E-state index in [0.717, 1.165) is 0 Å². The lowest BCUT2D eigenvalue weighted by Crippen LogP contribution is -2.02. The summed E-state index contributed by atoms with van der Waals surface area (Å²) in [4.78, 5) is 0. The van der Waals surface area contributed by atoms with Crippen molar-refractivity contribution in [1.82, 2.24) is 0 Å². The molecule has 2 aromatic rings. The molecular weight excluding hydrogens is 290 g/mol. The van der Waals surface area contributed by atoms with Gasteiger partial charge < -0.3 is 9.84 Å². The van der Waals surface area contributed by atoms with E-state index < -0.39 is 11.9 Å². The van der Waals surface area contributed by atoms with Gasteiger partial charge in [-0.25, -0.2) is 4.39 Å². The lowest BCUT2D eigenvalue weighted by atomic mass is 10.0. The average molecular weight is 301 g/mol. The molecule has 1 atom stereocenters. The van der Waals surface area contributed by atoms with E-state index in [4.69, 9.17) is 27.9 Å². The van der Waals surface area contributed by atoms with E-state index in [1.54, 1.807) is 24.3 Å². The van der Waals surface area contributed by atoms with E-state index >= 15 is 0 Å². The molecule has 2 aromatic carbocycles. The Bertz CT molecular complexity index is 602. The molecule has 0 aliphatic carbocycles. The SMILES string of the molecule is COc1ccc(C(O)c2cccc(Cl)c2Cl)cc1F. The van der Waals surface area contributed by atoms with Crippen LogP contribution in [0, 0.1) is 5.82 Å². The monoisotopic (exact) mass is 300 g/mol. The minimum Gasteiger partial charge on any atom is -0.494 e. The Morgan fingerprint density at radius 2 is 1.95 bits per heavy atom.